The molecular formula is C16H24N2O2. The minimum atomic E-state index is -0.589. The van der Waals surface area contributed by atoms with Gasteiger partial charge in [-0.1, -0.05) is 18.2 Å². The Kier molecular flexibility index (Phi) is 4.33. The molecule has 1 aromatic carbocycles. The van der Waals surface area contributed by atoms with Crippen LogP contribution in [0.2, 0.25) is 0 Å². The standard InChI is InChI=1S/C16H24N2O2/c1-16(2,13-6-4-5-7-14(13)20-3)15(19)18-10-8-12(17)9-11-18/h4-7,12H,8-11,17H2,1-3H3. The fourth-order valence-corrected chi connectivity index (χ4v) is 2.77. The second-order valence-corrected chi connectivity index (χ2v) is 5.95. The largest absolute Gasteiger partial charge is 0.496 e. The van der Waals surface area contributed by atoms with Gasteiger partial charge in [-0.05, 0) is 32.8 Å². The highest BCUT2D eigenvalue weighted by Gasteiger charge is 2.36. The van der Waals surface area contributed by atoms with E-state index in [-0.39, 0.29) is 11.9 Å². The van der Waals surface area contributed by atoms with Crippen LogP contribution in [0.1, 0.15) is 32.3 Å². The third-order valence-electron chi connectivity index (χ3n) is 4.14. The van der Waals surface area contributed by atoms with Crippen LogP contribution in [0.25, 0.3) is 0 Å². The van der Waals surface area contributed by atoms with Gasteiger partial charge in [0.1, 0.15) is 5.75 Å². The van der Waals surface area contributed by atoms with Crippen molar-refractivity contribution in [3.05, 3.63) is 29.8 Å². The lowest BCUT2D eigenvalue weighted by atomic mass is 9.82. The summed E-state index contributed by atoms with van der Waals surface area (Å²) in [4.78, 5) is 14.8. The van der Waals surface area contributed by atoms with Crippen molar-refractivity contribution in [2.75, 3.05) is 20.2 Å². The summed E-state index contributed by atoms with van der Waals surface area (Å²) < 4.78 is 5.40. The molecule has 0 unspecified atom stereocenters. The molecule has 4 heteroatoms. The van der Waals surface area contributed by atoms with Gasteiger partial charge >= 0.3 is 0 Å². The zero-order valence-corrected chi connectivity index (χ0v) is 12.6. The van der Waals surface area contributed by atoms with Crippen molar-refractivity contribution < 1.29 is 9.53 Å². The van der Waals surface area contributed by atoms with Crippen LogP contribution in [0.4, 0.5) is 0 Å². The third kappa shape index (κ3) is 2.80. The Balaban J connectivity index is 2.23. The minimum Gasteiger partial charge on any atom is -0.496 e. The maximum absolute atomic E-state index is 12.8. The van der Waals surface area contributed by atoms with Crippen molar-refractivity contribution in [2.45, 2.75) is 38.1 Å². The van der Waals surface area contributed by atoms with Gasteiger partial charge in [0.2, 0.25) is 5.91 Å². The Morgan fingerprint density at radius 3 is 2.50 bits per heavy atom. The van der Waals surface area contributed by atoms with Crippen molar-refractivity contribution in [1.29, 1.82) is 0 Å². The van der Waals surface area contributed by atoms with Crippen LogP contribution in [-0.4, -0.2) is 37.0 Å². The molecule has 110 valence electrons. The fourth-order valence-electron chi connectivity index (χ4n) is 2.77. The second-order valence-electron chi connectivity index (χ2n) is 5.95. The smallest absolute Gasteiger partial charge is 0.232 e. The minimum absolute atomic E-state index is 0.147. The fraction of sp³-hybridized carbons (Fsp3) is 0.562. The summed E-state index contributed by atoms with van der Waals surface area (Å²) >= 11 is 0. The number of methoxy groups -OCH3 is 1. The molecule has 1 heterocycles. The zero-order valence-electron chi connectivity index (χ0n) is 12.6. The number of hydrogen-bond acceptors (Lipinski definition) is 3. The van der Waals surface area contributed by atoms with Crippen LogP contribution in [-0.2, 0) is 10.2 Å². The average Bonchev–Trinajstić information content (AvgIpc) is 2.47. The lowest BCUT2D eigenvalue weighted by Gasteiger charge is -2.36. The zero-order chi connectivity index (χ0) is 14.8. The van der Waals surface area contributed by atoms with Crippen LogP contribution in [0.5, 0.6) is 5.75 Å². The van der Waals surface area contributed by atoms with Crippen LogP contribution < -0.4 is 10.5 Å². The normalized spacial score (nSPS) is 17.1. The van der Waals surface area contributed by atoms with Crippen molar-refractivity contribution in [2.24, 2.45) is 5.73 Å². The van der Waals surface area contributed by atoms with Gasteiger partial charge in [-0.3, -0.25) is 4.79 Å². The molecule has 0 bridgehead atoms. The molecule has 1 aliphatic rings. The quantitative estimate of drug-likeness (QED) is 0.917. The van der Waals surface area contributed by atoms with Crippen LogP contribution in [0.3, 0.4) is 0 Å². The third-order valence-corrected chi connectivity index (χ3v) is 4.14. The molecule has 1 amide bonds. The summed E-state index contributed by atoms with van der Waals surface area (Å²) in [5.41, 5.74) is 6.25. The Morgan fingerprint density at radius 2 is 1.90 bits per heavy atom. The van der Waals surface area contributed by atoms with E-state index in [0.717, 1.165) is 37.2 Å². The molecule has 0 atom stereocenters. The lowest BCUT2D eigenvalue weighted by molar-refractivity contribution is -0.137. The van der Waals surface area contributed by atoms with Gasteiger partial charge in [-0.15, -0.1) is 0 Å². The van der Waals surface area contributed by atoms with Crippen LogP contribution in [0, 0.1) is 0 Å². The highest BCUT2D eigenvalue weighted by atomic mass is 16.5. The monoisotopic (exact) mass is 276 g/mol. The SMILES string of the molecule is COc1ccccc1C(C)(C)C(=O)N1CCC(N)CC1. The van der Waals surface area contributed by atoms with Crippen molar-refractivity contribution in [3.8, 4) is 5.75 Å². The summed E-state index contributed by atoms with van der Waals surface area (Å²) in [5, 5.41) is 0. The van der Waals surface area contributed by atoms with Gasteiger partial charge in [-0.25, -0.2) is 0 Å². The highest BCUT2D eigenvalue weighted by molar-refractivity contribution is 5.88. The number of para-hydroxylation sites is 1. The van der Waals surface area contributed by atoms with E-state index in [1.807, 2.05) is 43.0 Å². The van der Waals surface area contributed by atoms with Gasteiger partial charge in [-0.2, -0.15) is 0 Å². The van der Waals surface area contributed by atoms with Crippen molar-refractivity contribution in [1.82, 2.24) is 4.90 Å². The molecular weight excluding hydrogens is 252 g/mol. The van der Waals surface area contributed by atoms with E-state index in [1.54, 1.807) is 7.11 Å². The van der Waals surface area contributed by atoms with Gasteiger partial charge in [0.25, 0.3) is 0 Å². The van der Waals surface area contributed by atoms with E-state index in [2.05, 4.69) is 0 Å². The summed E-state index contributed by atoms with van der Waals surface area (Å²) in [6, 6.07) is 7.96. The number of benzene rings is 1. The molecule has 1 saturated heterocycles. The molecule has 0 aliphatic carbocycles. The van der Waals surface area contributed by atoms with E-state index >= 15 is 0 Å². The second kappa shape index (κ2) is 5.83. The molecule has 1 fully saturated rings. The van der Waals surface area contributed by atoms with Crippen molar-refractivity contribution in [3.63, 3.8) is 0 Å². The predicted molar refractivity (Wildman–Crippen MR) is 79.8 cm³/mol. The summed E-state index contributed by atoms with van der Waals surface area (Å²) in [7, 11) is 1.64. The number of amides is 1. The van der Waals surface area contributed by atoms with Gasteiger partial charge in [0.05, 0.1) is 12.5 Å². The molecule has 20 heavy (non-hydrogen) atoms. The Hall–Kier alpha value is -1.55. The number of rotatable bonds is 3. The molecule has 0 radical (unpaired) electrons. The van der Waals surface area contributed by atoms with Crippen LogP contribution in [0.15, 0.2) is 24.3 Å². The first-order valence-electron chi connectivity index (χ1n) is 7.15. The van der Waals surface area contributed by atoms with Gasteiger partial charge < -0.3 is 15.4 Å². The van der Waals surface area contributed by atoms with E-state index < -0.39 is 5.41 Å². The first-order valence-corrected chi connectivity index (χ1v) is 7.15. The topological polar surface area (TPSA) is 55.6 Å². The summed E-state index contributed by atoms with van der Waals surface area (Å²) in [5.74, 6) is 0.911. The Labute approximate surface area is 120 Å². The first-order chi connectivity index (χ1) is 9.46. The number of piperidine rings is 1. The number of hydrogen-bond donors (Lipinski definition) is 1. The number of ether oxygens (including phenoxy) is 1. The highest BCUT2D eigenvalue weighted by Crippen LogP contribution is 2.33. The molecule has 2 rings (SSSR count). The molecule has 0 aromatic heterocycles. The number of likely N-dealkylation sites (tertiary alicyclic amines) is 1. The average molecular weight is 276 g/mol. The maximum atomic E-state index is 12.8. The van der Waals surface area contributed by atoms with E-state index in [0.29, 0.717) is 0 Å². The molecule has 0 spiro atoms. The summed E-state index contributed by atoms with van der Waals surface area (Å²) in [6.07, 6.45) is 1.77. The molecule has 1 aliphatic heterocycles. The van der Waals surface area contributed by atoms with E-state index in [4.69, 9.17) is 10.5 Å². The lowest BCUT2D eigenvalue weighted by Crippen LogP contribution is -2.49. The summed E-state index contributed by atoms with van der Waals surface area (Å²) in [6.45, 7) is 5.42. The number of nitrogens with two attached hydrogens (primary N) is 1. The molecule has 2 N–H and O–H groups in total. The number of nitrogens with zero attached hydrogens (tertiary/aromatic N) is 1. The molecule has 1 aromatic rings. The number of carbonyl (C=O) groups excluding carboxylic acids is 1. The van der Waals surface area contributed by atoms with Crippen LogP contribution >= 0.6 is 0 Å². The molecule has 0 saturated carbocycles. The number of carbonyl (C=O) groups is 1. The van der Waals surface area contributed by atoms with Crippen molar-refractivity contribution >= 4 is 5.91 Å². The van der Waals surface area contributed by atoms with Gasteiger partial charge in [0.15, 0.2) is 0 Å². The Morgan fingerprint density at radius 1 is 1.30 bits per heavy atom. The van der Waals surface area contributed by atoms with E-state index in [1.165, 1.54) is 0 Å². The maximum Gasteiger partial charge on any atom is 0.232 e. The predicted octanol–water partition coefficient (Wildman–Crippen LogP) is 1.92. The molecule has 4 nitrogen and oxygen atoms in total. The van der Waals surface area contributed by atoms with Gasteiger partial charge in [0, 0.05) is 24.7 Å². The first kappa shape index (κ1) is 14.9. The van der Waals surface area contributed by atoms with E-state index in [9.17, 15) is 4.79 Å². The Bertz CT molecular complexity index is 477.